The van der Waals surface area contributed by atoms with Crippen LogP contribution in [0.4, 0.5) is 0 Å². The first-order chi connectivity index (χ1) is 36.0. The van der Waals surface area contributed by atoms with Gasteiger partial charge in [-0.25, -0.2) is 0 Å². The van der Waals surface area contributed by atoms with E-state index in [0.29, 0.717) is 19.3 Å². The zero-order chi connectivity index (χ0) is 52.9. The van der Waals surface area contributed by atoms with Crippen LogP contribution in [0.25, 0.3) is 0 Å². The molecule has 0 rings (SSSR count). The molecule has 0 radical (unpaired) electrons. The SMILES string of the molecule is CC/C=C\C/C=C\C/C=C\C/C=C\C/C=C\C/C=C\C/C=C\C/C=C\CCCCCCCCCCC(=O)OCC(COC(=O)CCCCCCC)OC(=O)CCCCCCCCCCCCCCCCCCC. The summed E-state index contributed by atoms with van der Waals surface area (Å²) in [5.74, 6) is -0.892. The summed E-state index contributed by atoms with van der Waals surface area (Å²) >= 11 is 0. The third-order valence-electron chi connectivity index (χ3n) is 13.1. The maximum Gasteiger partial charge on any atom is 0.306 e. The van der Waals surface area contributed by atoms with E-state index in [1.54, 1.807) is 0 Å². The van der Waals surface area contributed by atoms with Crippen molar-refractivity contribution in [2.45, 2.75) is 297 Å². The Morgan fingerprint density at radius 3 is 0.836 bits per heavy atom. The van der Waals surface area contributed by atoms with Crippen molar-refractivity contribution in [3.05, 3.63) is 97.2 Å². The fourth-order valence-corrected chi connectivity index (χ4v) is 8.52. The lowest BCUT2D eigenvalue weighted by Gasteiger charge is -2.18. The number of hydrogen-bond acceptors (Lipinski definition) is 6. The van der Waals surface area contributed by atoms with Gasteiger partial charge in [0.2, 0.25) is 0 Å². The van der Waals surface area contributed by atoms with E-state index < -0.39 is 6.10 Å². The van der Waals surface area contributed by atoms with E-state index in [1.807, 2.05) is 0 Å². The monoisotopic (exact) mass is 1010 g/mol. The average Bonchev–Trinajstić information content (AvgIpc) is 3.39. The third kappa shape index (κ3) is 59.1. The van der Waals surface area contributed by atoms with Gasteiger partial charge < -0.3 is 14.2 Å². The molecule has 0 aromatic heterocycles. The molecule has 0 aliphatic heterocycles. The Balaban J connectivity index is 4.06. The number of allylic oxidation sites excluding steroid dienone is 16. The summed E-state index contributed by atoms with van der Waals surface area (Å²) in [6.07, 6.45) is 81.7. The molecule has 1 atom stereocenters. The molecule has 0 fully saturated rings. The molecule has 0 aliphatic rings. The first-order valence-corrected chi connectivity index (χ1v) is 30.7. The molecule has 0 N–H and O–H groups in total. The van der Waals surface area contributed by atoms with Gasteiger partial charge in [-0.3, -0.25) is 14.4 Å². The third-order valence-corrected chi connectivity index (χ3v) is 13.1. The lowest BCUT2D eigenvalue weighted by atomic mass is 10.0. The van der Waals surface area contributed by atoms with Gasteiger partial charge in [-0.05, 0) is 83.5 Å². The van der Waals surface area contributed by atoms with E-state index >= 15 is 0 Å². The summed E-state index contributed by atoms with van der Waals surface area (Å²) < 4.78 is 16.7. The van der Waals surface area contributed by atoms with Crippen molar-refractivity contribution in [1.82, 2.24) is 0 Å². The van der Waals surface area contributed by atoms with Crippen molar-refractivity contribution >= 4 is 17.9 Å². The summed E-state index contributed by atoms with van der Waals surface area (Å²) in [4.78, 5) is 37.8. The minimum atomic E-state index is -0.775. The standard InChI is InChI=1S/C67H114O6/c1-4-7-10-13-15-17-19-21-23-25-26-27-28-29-30-31-32-33-34-35-36-37-38-39-40-42-43-45-47-49-51-54-57-60-66(69)72-63-64(62-71-65(68)59-56-53-12-9-6-3)73-67(70)61-58-55-52-50-48-46-44-41-24-22-20-18-16-14-11-8-5-2/h7,10,15,17,21,23,26-27,29-30,32-33,35-36,38-39,64H,4-6,8-9,11-14,16,18-20,22,24-25,28,31,34,37,40-63H2,1-3H3/b10-7-,17-15-,23-21-,27-26-,30-29-,33-32-,36-35-,39-38-. The Kier molecular flexibility index (Phi) is 57.8. The van der Waals surface area contributed by atoms with Crippen LogP contribution in [0.3, 0.4) is 0 Å². The van der Waals surface area contributed by atoms with Crippen molar-refractivity contribution in [2.24, 2.45) is 0 Å². The summed E-state index contributed by atoms with van der Waals surface area (Å²) in [7, 11) is 0. The Bertz CT molecular complexity index is 1440. The summed E-state index contributed by atoms with van der Waals surface area (Å²) in [6, 6.07) is 0. The van der Waals surface area contributed by atoms with Crippen LogP contribution in [-0.2, 0) is 28.6 Å². The van der Waals surface area contributed by atoms with Crippen LogP contribution in [0, 0.1) is 0 Å². The van der Waals surface area contributed by atoms with Gasteiger partial charge in [0.05, 0.1) is 0 Å². The Hall–Kier alpha value is -3.67. The van der Waals surface area contributed by atoms with Gasteiger partial charge in [0.15, 0.2) is 6.10 Å². The van der Waals surface area contributed by atoms with Crippen molar-refractivity contribution in [2.75, 3.05) is 13.2 Å². The van der Waals surface area contributed by atoms with E-state index in [0.717, 1.165) is 122 Å². The zero-order valence-corrected chi connectivity index (χ0v) is 47.9. The maximum absolute atomic E-state index is 12.8. The van der Waals surface area contributed by atoms with Crippen LogP contribution in [0.2, 0.25) is 0 Å². The molecule has 1 unspecified atom stereocenters. The molecule has 0 bridgehead atoms. The van der Waals surface area contributed by atoms with Gasteiger partial charge in [0, 0.05) is 19.3 Å². The second-order valence-electron chi connectivity index (χ2n) is 20.2. The van der Waals surface area contributed by atoms with E-state index in [1.165, 1.54) is 128 Å². The summed E-state index contributed by atoms with van der Waals surface area (Å²) in [5.41, 5.74) is 0. The fourth-order valence-electron chi connectivity index (χ4n) is 8.52. The molecule has 0 aliphatic carbocycles. The van der Waals surface area contributed by atoms with Crippen LogP contribution in [-0.4, -0.2) is 37.2 Å². The number of ether oxygens (including phenoxy) is 3. The van der Waals surface area contributed by atoms with Crippen molar-refractivity contribution in [3.8, 4) is 0 Å². The highest BCUT2D eigenvalue weighted by Crippen LogP contribution is 2.16. The number of carbonyl (C=O) groups is 3. The highest BCUT2D eigenvalue weighted by molar-refractivity contribution is 5.71. The molecule has 0 spiro atoms. The van der Waals surface area contributed by atoms with Gasteiger partial charge in [0.25, 0.3) is 0 Å². The second kappa shape index (κ2) is 60.9. The average molecular weight is 1020 g/mol. The van der Waals surface area contributed by atoms with Crippen molar-refractivity contribution in [1.29, 1.82) is 0 Å². The van der Waals surface area contributed by atoms with Gasteiger partial charge in [-0.2, -0.15) is 0 Å². The maximum atomic E-state index is 12.8. The van der Waals surface area contributed by atoms with Crippen LogP contribution in [0.15, 0.2) is 97.2 Å². The smallest absolute Gasteiger partial charge is 0.306 e. The Labute approximate surface area is 451 Å². The number of rotatable bonds is 55. The van der Waals surface area contributed by atoms with Gasteiger partial charge in [-0.15, -0.1) is 0 Å². The summed E-state index contributed by atoms with van der Waals surface area (Å²) in [5, 5.41) is 0. The van der Waals surface area contributed by atoms with E-state index in [-0.39, 0.29) is 31.1 Å². The Morgan fingerprint density at radius 2 is 0.534 bits per heavy atom. The van der Waals surface area contributed by atoms with Gasteiger partial charge in [-0.1, -0.05) is 285 Å². The topological polar surface area (TPSA) is 78.9 Å². The molecule has 6 nitrogen and oxygen atoms in total. The second-order valence-corrected chi connectivity index (χ2v) is 20.2. The van der Waals surface area contributed by atoms with Crippen LogP contribution < -0.4 is 0 Å². The molecule has 0 aromatic rings. The molecule has 0 amide bonds. The highest BCUT2D eigenvalue weighted by atomic mass is 16.6. The predicted octanol–water partition coefficient (Wildman–Crippen LogP) is 20.9. The minimum absolute atomic E-state index is 0.0776. The quantitative estimate of drug-likeness (QED) is 0.0261. The molecule has 73 heavy (non-hydrogen) atoms. The number of hydrogen-bond donors (Lipinski definition) is 0. The number of esters is 3. The van der Waals surface area contributed by atoms with E-state index in [4.69, 9.17) is 14.2 Å². The summed E-state index contributed by atoms with van der Waals surface area (Å²) in [6.45, 7) is 6.46. The Morgan fingerprint density at radius 1 is 0.288 bits per heavy atom. The van der Waals surface area contributed by atoms with Gasteiger partial charge >= 0.3 is 17.9 Å². The van der Waals surface area contributed by atoms with E-state index in [9.17, 15) is 14.4 Å². The number of unbranched alkanes of at least 4 members (excludes halogenated alkanes) is 28. The van der Waals surface area contributed by atoms with Crippen LogP contribution >= 0.6 is 0 Å². The lowest BCUT2D eigenvalue weighted by molar-refractivity contribution is -0.167. The first kappa shape index (κ1) is 69.3. The molecular weight excluding hydrogens is 901 g/mol. The predicted molar refractivity (Wildman–Crippen MR) is 316 cm³/mol. The molecule has 0 saturated carbocycles. The first-order valence-electron chi connectivity index (χ1n) is 30.7. The van der Waals surface area contributed by atoms with Crippen LogP contribution in [0.1, 0.15) is 290 Å². The van der Waals surface area contributed by atoms with Gasteiger partial charge in [0.1, 0.15) is 13.2 Å². The minimum Gasteiger partial charge on any atom is -0.462 e. The molecule has 0 aromatic carbocycles. The fraction of sp³-hybridized carbons (Fsp3) is 0.716. The zero-order valence-electron chi connectivity index (χ0n) is 47.9. The van der Waals surface area contributed by atoms with E-state index in [2.05, 4.69) is 118 Å². The lowest BCUT2D eigenvalue weighted by Crippen LogP contribution is -2.30. The molecule has 0 heterocycles. The van der Waals surface area contributed by atoms with Crippen molar-refractivity contribution < 1.29 is 28.6 Å². The molecule has 6 heteroatoms. The molecular formula is C67H114O6. The number of carbonyl (C=O) groups excluding carboxylic acids is 3. The van der Waals surface area contributed by atoms with Crippen molar-refractivity contribution in [3.63, 3.8) is 0 Å². The molecule has 418 valence electrons. The van der Waals surface area contributed by atoms with Crippen LogP contribution in [0.5, 0.6) is 0 Å². The highest BCUT2D eigenvalue weighted by Gasteiger charge is 2.19. The normalized spacial score (nSPS) is 12.8. The molecule has 0 saturated heterocycles. The largest absolute Gasteiger partial charge is 0.462 e.